The summed E-state index contributed by atoms with van der Waals surface area (Å²) < 4.78 is 14.6. The molecule has 1 N–H and O–H groups in total. The van der Waals surface area contributed by atoms with Crippen molar-refractivity contribution in [2.75, 3.05) is 13.4 Å². The highest BCUT2D eigenvalue weighted by atomic mass is 35.5. The van der Waals surface area contributed by atoms with E-state index >= 15 is 0 Å². The lowest BCUT2D eigenvalue weighted by atomic mass is 10.1. The molecule has 0 aromatic heterocycles. The summed E-state index contributed by atoms with van der Waals surface area (Å²) in [7, 11) is 0. The molecule has 0 spiro atoms. The van der Waals surface area contributed by atoms with E-state index in [1.807, 2.05) is 0 Å². The second-order valence-electron chi connectivity index (χ2n) is 3.37. The van der Waals surface area contributed by atoms with Crippen molar-refractivity contribution < 1.29 is 28.9 Å². The zero-order valence-corrected chi connectivity index (χ0v) is 10.1. The minimum atomic E-state index is -1.07. The first-order chi connectivity index (χ1) is 8.56. The summed E-state index contributed by atoms with van der Waals surface area (Å²) in [4.78, 5) is 23.0. The average molecular weight is 273 g/mol. The molecule has 0 aliphatic carbocycles. The van der Waals surface area contributed by atoms with E-state index in [9.17, 15) is 14.7 Å². The average Bonchev–Trinajstić information content (AvgIpc) is 2.81. The first kappa shape index (κ1) is 12.5. The van der Waals surface area contributed by atoms with Gasteiger partial charge >= 0.3 is 5.97 Å². The molecule has 0 amide bonds. The van der Waals surface area contributed by atoms with Gasteiger partial charge in [0.25, 0.3) is 5.78 Å². The topological polar surface area (TPSA) is 82.1 Å². The zero-order valence-electron chi connectivity index (χ0n) is 9.36. The van der Waals surface area contributed by atoms with Gasteiger partial charge < -0.3 is 19.3 Å². The van der Waals surface area contributed by atoms with Crippen molar-refractivity contribution in [2.24, 2.45) is 0 Å². The van der Waals surface area contributed by atoms with Crippen LogP contribution in [0.1, 0.15) is 17.3 Å². The van der Waals surface area contributed by atoms with Gasteiger partial charge in [-0.15, -0.1) is 0 Å². The fourth-order valence-corrected chi connectivity index (χ4v) is 1.72. The van der Waals surface area contributed by atoms with Gasteiger partial charge in [0.05, 0.1) is 12.2 Å². The maximum atomic E-state index is 11.7. The molecular weight excluding hydrogens is 264 g/mol. The SMILES string of the molecule is CCOC(=O)C(=O)c1cc2c(c(Cl)c1O)OCO2. The minimum Gasteiger partial charge on any atom is -0.505 e. The highest BCUT2D eigenvalue weighted by molar-refractivity contribution is 6.43. The van der Waals surface area contributed by atoms with Crippen molar-refractivity contribution in [1.82, 2.24) is 0 Å². The van der Waals surface area contributed by atoms with E-state index in [-0.39, 0.29) is 35.5 Å². The number of Topliss-reactive ketones (excluding diaryl/α,β-unsaturated/α-hetero) is 1. The van der Waals surface area contributed by atoms with Gasteiger partial charge in [-0.1, -0.05) is 11.6 Å². The zero-order chi connectivity index (χ0) is 13.3. The molecule has 0 saturated heterocycles. The van der Waals surface area contributed by atoms with Crippen LogP contribution in [-0.4, -0.2) is 30.3 Å². The highest BCUT2D eigenvalue weighted by Gasteiger charge is 2.29. The van der Waals surface area contributed by atoms with Crippen LogP contribution in [0.3, 0.4) is 0 Å². The number of hydrogen-bond acceptors (Lipinski definition) is 6. The molecule has 1 aliphatic heterocycles. The number of carbonyl (C=O) groups is 2. The van der Waals surface area contributed by atoms with E-state index in [1.54, 1.807) is 6.92 Å². The molecule has 1 aromatic rings. The Labute approximate surface area is 107 Å². The molecule has 6 nitrogen and oxygen atoms in total. The van der Waals surface area contributed by atoms with Gasteiger partial charge in [-0.25, -0.2) is 4.79 Å². The number of phenolic OH excluding ortho intramolecular Hbond substituents is 1. The first-order valence-electron chi connectivity index (χ1n) is 5.08. The quantitative estimate of drug-likeness (QED) is 0.510. The van der Waals surface area contributed by atoms with Crippen molar-refractivity contribution in [2.45, 2.75) is 6.92 Å². The second kappa shape index (κ2) is 4.73. The number of ether oxygens (including phenoxy) is 3. The van der Waals surface area contributed by atoms with Crippen molar-refractivity contribution in [1.29, 1.82) is 0 Å². The summed E-state index contributed by atoms with van der Waals surface area (Å²) in [5, 5.41) is 9.58. The molecule has 1 aliphatic rings. The Bertz CT molecular complexity index is 525. The first-order valence-corrected chi connectivity index (χ1v) is 5.46. The second-order valence-corrected chi connectivity index (χ2v) is 3.75. The molecule has 0 saturated carbocycles. The Morgan fingerprint density at radius 1 is 1.50 bits per heavy atom. The Balaban J connectivity index is 2.43. The van der Waals surface area contributed by atoms with E-state index < -0.39 is 17.5 Å². The molecule has 0 atom stereocenters. The Kier molecular flexibility index (Phi) is 3.29. The molecule has 0 unspecified atom stereocenters. The number of halogens is 1. The molecule has 0 fully saturated rings. The van der Waals surface area contributed by atoms with Gasteiger partial charge in [-0.2, -0.15) is 0 Å². The summed E-state index contributed by atoms with van der Waals surface area (Å²) in [6, 6.07) is 1.20. The lowest BCUT2D eigenvalue weighted by molar-refractivity contribution is -0.137. The highest BCUT2D eigenvalue weighted by Crippen LogP contribution is 2.46. The maximum absolute atomic E-state index is 11.7. The van der Waals surface area contributed by atoms with Gasteiger partial charge in [-0.3, -0.25) is 4.79 Å². The summed E-state index contributed by atoms with van der Waals surface area (Å²) in [6.45, 7) is 1.56. The summed E-state index contributed by atoms with van der Waals surface area (Å²) >= 11 is 5.81. The summed E-state index contributed by atoms with van der Waals surface area (Å²) in [5.41, 5.74) is -0.275. The standard InChI is InChI=1S/C11H9ClO6/c1-2-16-11(15)9(14)5-3-6-10(18-4-17-6)7(12)8(5)13/h3,13H,2,4H2,1H3. The van der Waals surface area contributed by atoms with Gasteiger partial charge in [0, 0.05) is 0 Å². The molecule has 0 radical (unpaired) electrons. The van der Waals surface area contributed by atoms with Crippen LogP contribution >= 0.6 is 11.6 Å². The van der Waals surface area contributed by atoms with Crippen LogP contribution in [0.15, 0.2) is 6.07 Å². The largest absolute Gasteiger partial charge is 0.505 e. The van der Waals surface area contributed by atoms with Gasteiger partial charge in [0.2, 0.25) is 6.79 Å². The van der Waals surface area contributed by atoms with Crippen LogP contribution < -0.4 is 9.47 Å². The Hall–Kier alpha value is -1.95. The monoisotopic (exact) mass is 272 g/mol. The number of benzene rings is 1. The number of aromatic hydroxyl groups is 1. The maximum Gasteiger partial charge on any atom is 0.379 e. The third-order valence-corrected chi connectivity index (χ3v) is 2.64. The third kappa shape index (κ3) is 1.95. The number of fused-ring (bicyclic) bond motifs is 1. The van der Waals surface area contributed by atoms with E-state index in [2.05, 4.69) is 4.74 Å². The van der Waals surface area contributed by atoms with E-state index in [4.69, 9.17) is 21.1 Å². The number of carbonyl (C=O) groups excluding carboxylic acids is 2. The van der Waals surface area contributed by atoms with Crippen LogP contribution in [0.2, 0.25) is 5.02 Å². The van der Waals surface area contributed by atoms with Gasteiger partial charge in [-0.05, 0) is 13.0 Å². The number of rotatable bonds is 3. The number of ketones is 1. The van der Waals surface area contributed by atoms with Crippen LogP contribution in [0.4, 0.5) is 0 Å². The molecule has 1 heterocycles. The van der Waals surface area contributed by atoms with E-state index in [1.165, 1.54) is 6.07 Å². The third-order valence-electron chi connectivity index (χ3n) is 2.28. The predicted octanol–water partition coefficient (Wildman–Crippen LogP) is 1.52. The van der Waals surface area contributed by atoms with Crippen LogP contribution in [0.5, 0.6) is 17.2 Å². The van der Waals surface area contributed by atoms with Gasteiger partial charge in [0.15, 0.2) is 11.5 Å². The molecule has 96 valence electrons. The lowest BCUT2D eigenvalue weighted by Gasteiger charge is -2.07. The fraction of sp³-hybridized carbons (Fsp3) is 0.273. The molecule has 2 rings (SSSR count). The molecular formula is C11H9ClO6. The molecule has 18 heavy (non-hydrogen) atoms. The summed E-state index contributed by atoms with van der Waals surface area (Å²) in [5.74, 6) is -2.24. The Morgan fingerprint density at radius 2 is 2.22 bits per heavy atom. The Morgan fingerprint density at radius 3 is 2.89 bits per heavy atom. The number of phenols is 1. The number of esters is 1. The van der Waals surface area contributed by atoms with Crippen LogP contribution in [0.25, 0.3) is 0 Å². The van der Waals surface area contributed by atoms with Crippen LogP contribution in [-0.2, 0) is 9.53 Å². The van der Waals surface area contributed by atoms with Crippen molar-refractivity contribution in [3.05, 3.63) is 16.7 Å². The van der Waals surface area contributed by atoms with Crippen molar-refractivity contribution >= 4 is 23.4 Å². The molecule has 1 aromatic carbocycles. The minimum absolute atomic E-state index is 0.0591. The van der Waals surface area contributed by atoms with Crippen LogP contribution in [0, 0.1) is 0 Å². The lowest BCUT2D eigenvalue weighted by Crippen LogP contribution is -2.17. The fourth-order valence-electron chi connectivity index (χ4n) is 1.47. The molecule has 7 heteroatoms. The van der Waals surface area contributed by atoms with Gasteiger partial charge in [0.1, 0.15) is 10.8 Å². The van der Waals surface area contributed by atoms with E-state index in [0.29, 0.717) is 0 Å². The number of hydrogen-bond donors (Lipinski definition) is 1. The summed E-state index contributed by atoms with van der Waals surface area (Å²) in [6.07, 6.45) is 0. The molecule has 0 bridgehead atoms. The smallest absolute Gasteiger partial charge is 0.379 e. The van der Waals surface area contributed by atoms with Crippen molar-refractivity contribution in [3.8, 4) is 17.2 Å². The normalized spacial score (nSPS) is 12.3. The van der Waals surface area contributed by atoms with E-state index in [0.717, 1.165) is 0 Å². The predicted molar refractivity (Wildman–Crippen MR) is 60.2 cm³/mol. The van der Waals surface area contributed by atoms with Crippen molar-refractivity contribution in [3.63, 3.8) is 0 Å².